The normalized spacial score (nSPS) is 13.1. The third-order valence-electron chi connectivity index (χ3n) is 3.78. The number of halogens is 1. The van der Waals surface area contributed by atoms with Crippen LogP contribution in [0.3, 0.4) is 0 Å². The lowest BCUT2D eigenvalue weighted by Gasteiger charge is -2.28. The van der Waals surface area contributed by atoms with Gasteiger partial charge >= 0.3 is 0 Å². The van der Waals surface area contributed by atoms with Gasteiger partial charge in [-0.15, -0.1) is 0 Å². The fraction of sp³-hybridized carbons (Fsp3) is 0.812. The van der Waals surface area contributed by atoms with Crippen LogP contribution in [0, 0.1) is 5.92 Å². The number of hydrogen-bond acceptors (Lipinski definition) is 2. The molecule has 0 aliphatic carbocycles. The van der Waals surface area contributed by atoms with Crippen LogP contribution in [0.2, 0.25) is 5.02 Å². The van der Waals surface area contributed by atoms with Crippen molar-refractivity contribution in [3.8, 4) is 0 Å². The highest BCUT2D eigenvalue weighted by atomic mass is 35.5. The second-order valence-electron chi connectivity index (χ2n) is 5.47. The van der Waals surface area contributed by atoms with E-state index in [1.165, 1.54) is 31.4 Å². The van der Waals surface area contributed by atoms with Gasteiger partial charge in [0.15, 0.2) is 0 Å². The SMILES string of the molecule is CCCC(CCC)C(NCC)c1c(Cl)cnn1CCC. The number of nitrogens with zero attached hydrogens (tertiary/aromatic N) is 2. The van der Waals surface area contributed by atoms with Crippen LogP contribution >= 0.6 is 11.6 Å². The van der Waals surface area contributed by atoms with Gasteiger partial charge in [0.25, 0.3) is 0 Å². The van der Waals surface area contributed by atoms with E-state index in [0.29, 0.717) is 12.0 Å². The van der Waals surface area contributed by atoms with Crippen LogP contribution in [0.25, 0.3) is 0 Å². The van der Waals surface area contributed by atoms with E-state index in [-0.39, 0.29) is 0 Å². The van der Waals surface area contributed by atoms with Gasteiger partial charge < -0.3 is 5.32 Å². The molecule has 1 aromatic heterocycles. The molecule has 116 valence electrons. The lowest BCUT2D eigenvalue weighted by molar-refractivity contribution is 0.304. The summed E-state index contributed by atoms with van der Waals surface area (Å²) in [5.41, 5.74) is 1.18. The molecule has 0 saturated carbocycles. The molecule has 0 spiro atoms. The Hall–Kier alpha value is -0.540. The molecule has 1 unspecified atom stereocenters. The first-order valence-electron chi connectivity index (χ1n) is 8.13. The Balaban J connectivity index is 3.06. The topological polar surface area (TPSA) is 29.9 Å². The van der Waals surface area contributed by atoms with Gasteiger partial charge in [-0.05, 0) is 31.7 Å². The van der Waals surface area contributed by atoms with Crippen LogP contribution in [-0.4, -0.2) is 16.3 Å². The first-order valence-corrected chi connectivity index (χ1v) is 8.51. The summed E-state index contributed by atoms with van der Waals surface area (Å²) in [6, 6.07) is 0.321. The van der Waals surface area contributed by atoms with Gasteiger partial charge in [-0.25, -0.2) is 0 Å². The fourth-order valence-corrected chi connectivity index (χ4v) is 3.26. The summed E-state index contributed by atoms with van der Waals surface area (Å²) >= 11 is 6.43. The molecule has 4 heteroatoms. The van der Waals surface area contributed by atoms with Gasteiger partial charge in [-0.2, -0.15) is 5.10 Å². The second-order valence-corrected chi connectivity index (χ2v) is 5.88. The van der Waals surface area contributed by atoms with E-state index in [4.69, 9.17) is 11.6 Å². The van der Waals surface area contributed by atoms with E-state index >= 15 is 0 Å². The summed E-state index contributed by atoms with van der Waals surface area (Å²) in [7, 11) is 0. The number of aromatic nitrogens is 2. The zero-order chi connectivity index (χ0) is 15.0. The molecule has 0 aliphatic rings. The van der Waals surface area contributed by atoms with Gasteiger partial charge in [-0.1, -0.05) is 52.1 Å². The monoisotopic (exact) mass is 299 g/mol. The zero-order valence-corrected chi connectivity index (χ0v) is 14.2. The molecule has 1 aromatic rings. The van der Waals surface area contributed by atoms with Gasteiger partial charge in [0.2, 0.25) is 0 Å². The average molecular weight is 300 g/mol. The van der Waals surface area contributed by atoms with Crippen LogP contribution in [-0.2, 0) is 6.54 Å². The first kappa shape index (κ1) is 17.5. The van der Waals surface area contributed by atoms with Crippen molar-refractivity contribution in [3.63, 3.8) is 0 Å². The lowest BCUT2D eigenvalue weighted by atomic mass is 9.88. The van der Waals surface area contributed by atoms with Gasteiger partial charge in [0.05, 0.1) is 23.0 Å². The summed E-state index contributed by atoms with van der Waals surface area (Å²) in [4.78, 5) is 0. The molecule has 0 fully saturated rings. The largest absolute Gasteiger partial charge is 0.309 e. The Bertz CT molecular complexity index is 370. The van der Waals surface area contributed by atoms with E-state index in [1.807, 2.05) is 0 Å². The molecule has 20 heavy (non-hydrogen) atoms. The van der Waals surface area contributed by atoms with E-state index in [9.17, 15) is 0 Å². The molecule has 0 radical (unpaired) electrons. The molecule has 0 bridgehead atoms. The Morgan fingerprint density at radius 3 is 2.30 bits per heavy atom. The third-order valence-corrected chi connectivity index (χ3v) is 4.07. The van der Waals surface area contributed by atoms with Crippen LogP contribution in [0.1, 0.15) is 71.5 Å². The van der Waals surface area contributed by atoms with Crippen LogP contribution in [0.5, 0.6) is 0 Å². The standard InChI is InChI=1S/C16H30ClN3/c1-5-9-13(10-6-2)15(18-8-4)16-14(17)12-19-20(16)11-7-3/h12-13,15,18H,5-11H2,1-4H3. The zero-order valence-electron chi connectivity index (χ0n) is 13.5. The number of aryl methyl sites for hydroxylation is 1. The minimum absolute atomic E-state index is 0.321. The molecular formula is C16H30ClN3. The molecule has 0 aliphatic heterocycles. The van der Waals surface area contributed by atoms with Gasteiger partial charge in [-0.3, -0.25) is 4.68 Å². The van der Waals surface area contributed by atoms with Crippen molar-refractivity contribution in [1.82, 2.24) is 15.1 Å². The minimum Gasteiger partial charge on any atom is -0.309 e. The smallest absolute Gasteiger partial charge is 0.0834 e. The predicted octanol–water partition coefficient (Wildman–Crippen LogP) is 4.81. The highest BCUT2D eigenvalue weighted by Crippen LogP contribution is 2.33. The Morgan fingerprint density at radius 1 is 1.15 bits per heavy atom. The average Bonchev–Trinajstić information content (AvgIpc) is 2.78. The van der Waals surface area contributed by atoms with E-state index in [2.05, 4.69) is 42.8 Å². The summed E-state index contributed by atoms with van der Waals surface area (Å²) in [5, 5.41) is 8.91. The van der Waals surface area contributed by atoms with Crippen molar-refractivity contribution in [2.45, 2.75) is 72.4 Å². The maximum atomic E-state index is 6.43. The lowest BCUT2D eigenvalue weighted by Crippen LogP contribution is -2.31. The van der Waals surface area contributed by atoms with Crippen molar-refractivity contribution in [2.24, 2.45) is 5.92 Å². The van der Waals surface area contributed by atoms with E-state index < -0.39 is 0 Å². The maximum absolute atomic E-state index is 6.43. The molecule has 3 nitrogen and oxygen atoms in total. The fourth-order valence-electron chi connectivity index (χ4n) is 3.00. The van der Waals surface area contributed by atoms with Crippen molar-refractivity contribution < 1.29 is 0 Å². The van der Waals surface area contributed by atoms with Gasteiger partial charge in [0, 0.05) is 6.54 Å². The predicted molar refractivity (Wildman–Crippen MR) is 87.3 cm³/mol. The molecular weight excluding hydrogens is 270 g/mol. The maximum Gasteiger partial charge on any atom is 0.0834 e. The minimum atomic E-state index is 0.321. The van der Waals surface area contributed by atoms with Crippen molar-refractivity contribution in [1.29, 1.82) is 0 Å². The number of nitrogens with one attached hydrogen (secondary N) is 1. The second kappa shape index (κ2) is 9.41. The third kappa shape index (κ3) is 4.49. The molecule has 1 N–H and O–H groups in total. The molecule has 1 rings (SSSR count). The van der Waals surface area contributed by atoms with E-state index in [0.717, 1.165) is 24.5 Å². The molecule has 0 saturated heterocycles. The highest BCUT2D eigenvalue weighted by molar-refractivity contribution is 6.31. The van der Waals surface area contributed by atoms with Crippen molar-refractivity contribution in [3.05, 3.63) is 16.9 Å². The van der Waals surface area contributed by atoms with Crippen molar-refractivity contribution in [2.75, 3.05) is 6.54 Å². The highest BCUT2D eigenvalue weighted by Gasteiger charge is 2.26. The van der Waals surface area contributed by atoms with Crippen LogP contribution in [0.4, 0.5) is 0 Å². The Morgan fingerprint density at radius 2 is 1.80 bits per heavy atom. The van der Waals surface area contributed by atoms with E-state index in [1.54, 1.807) is 6.20 Å². The summed E-state index contributed by atoms with van der Waals surface area (Å²) in [6.45, 7) is 10.8. The van der Waals surface area contributed by atoms with Crippen LogP contribution < -0.4 is 5.32 Å². The van der Waals surface area contributed by atoms with Crippen LogP contribution in [0.15, 0.2) is 6.20 Å². The Labute approximate surface area is 129 Å². The quantitative estimate of drug-likeness (QED) is 0.671. The summed E-state index contributed by atoms with van der Waals surface area (Å²) in [5.74, 6) is 0.634. The van der Waals surface area contributed by atoms with Crippen molar-refractivity contribution >= 4 is 11.6 Å². The molecule has 1 atom stereocenters. The molecule has 1 heterocycles. The first-order chi connectivity index (χ1) is 9.69. The number of rotatable bonds is 10. The number of hydrogen-bond donors (Lipinski definition) is 1. The Kier molecular flexibility index (Phi) is 8.24. The van der Waals surface area contributed by atoms with Gasteiger partial charge in [0.1, 0.15) is 0 Å². The summed E-state index contributed by atoms with van der Waals surface area (Å²) < 4.78 is 2.09. The molecule has 0 aromatic carbocycles. The summed E-state index contributed by atoms with van der Waals surface area (Å²) in [6.07, 6.45) is 7.78. The molecule has 0 amide bonds.